The van der Waals surface area contributed by atoms with Crippen LogP contribution in [0.4, 0.5) is 0 Å². The van der Waals surface area contributed by atoms with Crippen molar-refractivity contribution in [2.45, 2.75) is 13.8 Å². The van der Waals surface area contributed by atoms with E-state index in [1.165, 1.54) is 0 Å². The van der Waals surface area contributed by atoms with Crippen LogP contribution in [0.2, 0.25) is 0 Å². The largest absolute Gasteiger partial charge is 0.484 e. The van der Waals surface area contributed by atoms with E-state index in [0.717, 1.165) is 15.6 Å². The Labute approximate surface area is 91.4 Å². The maximum atomic E-state index is 10.5. The van der Waals surface area contributed by atoms with Gasteiger partial charge in [-0.25, -0.2) is 0 Å². The molecule has 0 aliphatic carbocycles. The van der Waals surface area contributed by atoms with Gasteiger partial charge in [0.25, 0.3) is 5.91 Å². The zero-order valence-corrected chi connectivity index (χ0v) is 9.72. The van der Waals surface area contributed by atoms with Crippen molar-refractivity contribution in [3.05, 3.63) is 27.7 Å². The van der Waals surface area contributed by atoms with Gasteiger partial charge in [0.05, 0.1) is 0 Å². The first-order chi connectivity index (χ1) is 6.50. The summed E-state index contributed by atoms with van der Waals surface area (Å²) < 4.78 is 6.27. The summed E-state index contributed by atoms with van der Waals surface area (Å²) in [6.07, 6.45) is 0. The maximum absolute atomic E-state index is 10.5. The first-order valence-corrected chi connectivity index (χ1v) is 4.98. The second-order valence-corrected chi connectivity index (χ2v) is 3.98. The van der Waals surface area contributed by atoms with Gasteiger partial charge in [0.15, 0.2) is 6.61 Å². The number of rotatable bonds is 3. The summed E-state index contributed by atoms with van der Waals surface area (Å²) in [5, 5.41) is 0. The number of hydrogen-bond donors (Lipinski definition) is 1. The van der Waals surface area contributed by atoms with Crippen LogP contribution >= 0.6 is 15.9 Å². The molecule has 1 aromatic carbocycles. The third kappa shape index (κ3) is 2.73. The van der Waals surface area contributed by atoms with E-state index in [1.54, 1.807) is 0 Å². The molecule has 2 N–H and O–H groups in total. The molecule has 0 atom stereocenters. The van der Waals surface area contributed by atoms with E-state index >= 15 is 0 Å². The Morgan fingerprint density at radius 3 is 2.64 bits per heavy atom. The number of hydrogen-bond acceptors (Lipinski definition) is 2. The van der Waals surface area contributed by atoms with Crippen molar-refractivity contribution in [1.82, 2.24) is 0 Å². The van der Waals surface area contributed by atoms with Crippen LogP contribution in [-0.4, -0.2) is 12.5 Å². The highest BCUT2D eigenvalue weighted by Crippen LogP contribution is 2.26. The van der Waals surface area contributed by atoms with Crippen molar-refractivity contribution in [3.63, 3.8) is 0 Å². The lowest BCUT2D eigenvalue weighted by molar-refractivity contribution is -0.119. The summed E-state index contributed by atoms with van der Waals surface area (Å²) in [5.74, 6) is 0.231. The number of amides is 1. The molecule has 0 aliphatic heterocycles. The highest BCUT2D eigenvalue weighted by atomic mass is 79.9. The molecular formula is C10H12BrNO2. The summed E-state index contributed by atoms with van der Waals surface area (Å²) in [6, 6.07) is 3.83. The monoisotopic (exact) mass is 257 g/mol. The van der Waals surface area contributed by atoms with Gasteiger partial charge in [-0.3, -0.25) is 4.79 Å². The molecule has 76 valence electrons. The number of ether oxygens (including phenoxy) is 1. The van der Waals surface area contributed by atoms with Crippen molar-refractivity contribution < 1.29 is 9.53 Å². The standard InChI is InChI=1S/C10H12BrNO2/c1-6-4-9(14-5-10(12)13)7(2)3-8(6)11/h3-4H,5H2,1-2H3,(H2,12,13). The third-order valence-corrected chi connectivity index (χ3v) is 2.68. The molecule has 0 saturated carbocycles. The second-order valence-electron chi connectivity index (χ2n) is 3.12. The first kappa shape index (κ1) is 11.0. The summed E-state index contributed by atoms with van der Waals surface area (Å²) in [6.45, 7) is 3.79. The quantitative estimate of drug-likeness (QED) is 0.900. The van der Waals surface area contributed by atoms with E-state index in [4.69, 9.17) is 10.5 Å². The van der Waals surface area contributed by atoms with Crippen LogP contribution in [0.3, 0.4) is 0 Å². The fourth-order valence-electron chi connectivity index (χ4n) is 1.06. The molecule has 4 heteroatoms. The van der Waals surface area contributed by atoms with Crippen LogP contribution < -0.4 is 10.5 Å². The molecule has 0 heterocycles. The minimum absolute atomic E-state index is 0.0814. The number of carbonyl (C=O) groups excluding carboxylic acids is 1. The predicted octanol–water partition coefficient (Wildman–Crippen LogP) is 1.93. The molecule has 0 aromatic heterocycles. The van der Waals surface area contributed by atoms with Crippen molar-refractivity contribution >= 4 is 21.8 Å². The zero-order chi connectivity index (χ0) is 10.7. The average molecular weight is 258 g/mol. The lowest BCUT2D eigenvalue weighted by Crippen LogP contribution is -2.20. The molecule has 1 amide bonds. The van der Waals surface area contributed by atoms with Gasteiger partial charge in [-0.15, -0.1) is 0 Å². The van der Waals surface area contributed by atoms with E-state index in [-0.39, 0.29) is 6.61 Å². The van der Waals surface area contributed by atoms with Gasteiger partial charge in [0.2, 0.25) is 0 Å². The molecule has 0 unspecified atom stereocenters. The number of aryl methyl sites for hydroxylation is 2. The van der Waals surface area contributed by atoms with E-state index in [9.17, 15) is 4.79 Å². The Kier molecular flexibility index (Phi) is 3.52. The molecule has 0 bridgehead atoms. The molecule has 0 aliphatic rings. The minimum atomic E-state index is -0.468. The molecule has 0 spiro atoms. The minimum Gasteiger partial charge on any atom is -0.484 e. The van der Waals surface area contributed by atoms with Gasteiger partial charge in [-0.1, -0.05) is 15.9 Å². The molecule has 1 rings (SSSR count). The Balaban J connectivity index is 2.87. The number of carbonyl (C=O) groups is 1. The highest BCUT2D eigenvalue weighted by Gasteiger charge is 2.04. The molecule has 0 fully saturated rings. The molecule has 3 nitrogen and oxygen atoms in total. The molecule has 0 radical (unpaired) electrons. The second kappa shape index (κ2) is 4.46. The van der Waals surface area contributed by atoms with Crippen LogP contribution in [0.1, 0.15) is 11.1 Å². The Bertz CT molecular complexity index is 363. The normalized spacial score (nSPS) is 9.93. The van der Waals surface area contributed by atoms with Crippen LogP contribution in [-0.2, 0) is 4.79 Å². The van der Waals surface area contributed by atoms with Crippen LogP contribution in [0, 0.1) is 13.8 Å². The number of nitrogens with two attached hydrogens (primary N) is 1. The highest BCUT2D eigenvalue weighted by molar-refractivity contribution is 9.10. The van der Waals surface area contributed by atoms with Crippen molar-refractivity contribution in [1.29, 1.82) is 0 Å². The van der Waals surface area contributed by atoms with E-state index in [0.29, 0.717) is 5.75 Å². The molecular weight excluding hydrogens is 246 g/mol. The first-order valence-electron chi connectivity index (χ1n) is 4.18. The van der Waals surface area contributed by atoms with Gasteiger partial charge in [-0.05, 0) is 37.1 Å². The summed E-state index contributed by atoms with van der Waals surface area (Å²) in [4.78, 5) is 10.5. The summed E-state index contributed by atoms with van der Waals surface area (Å²) >= 11 is 3.41. The third-order valence-electron chi connectivity index (χ3n) is 1.83. The molecule has 0 saturated heterocycles. The fourth-order valence-corrected chi connectivity index (χ4v) is 1.52. The lowest BCUT2D eigenvalue weighted by Gasteiger charge is -2.09. The topological polar surface area (TPSA) is 52.3 Å². The lowest BCUT2D eigenvalue weighted by atomic mass is 10.1. The Hall–Kier alpha value is -1.03. The van der Waals surface area contributed by atoms with Crippen molar-refractivity contribution in [2.24, 2.45) is 5.73 Å². The summed E-state index contributed by atoms with van der Waals surface area (Å²) in [5.41, 5.74) is 7.03. The SMILES string of the molecule is Cc1cc(OCC(N)=O)c(C)cc1Br. The smallest absolute Gasteiger partial charge is 0.255 e. The van der Waals surface area contributed by atoms with E-state index in [1.807, 2.05) is 26.0 Å². The van der Waals surface area contributed by atoms with Crippen LogP contribution in [0.25, 0.3) is 0 Å². The van der Waals surface area contributed by atoms with Crippen molar-refractivity contribution in [2.75, 3.05) is 6.61 Å². The fraction of sp³-hybridized carbons (Fsp3) is 0.300. The molecule has 1 aromatic rings. The van der Waals surface area contributed by atoms with E-state index < -0.39 is 5.91 Å². The van der Waals surface area contributed by atoms with Gasteiger partial charge < -0.3 is 10.5 Å². The van der Waals surface area contributed by atoms with Gasteiger partial charge in [0.1, 0.15) is 5.75 Å². The van der Waals surface area contributed by atoms with Crippen LogP contribution in [0.15, 0.2) is 16.6 Å². The number of halogens is 1. The average Bonchev–Trinajstić information content (AvgIpc) is 2.09. The van der Waals surface area contributed by atoms with Crippen molar-refractivity contribution in [3.8, 4) is 5.75 Å². The zero-order valence-electron chi connectivity index (χ0n) is 8.13. The van der Waals surface area contributed by atoms with E-state index in [2.05, 4.69) is 15.9 Å². The molecule has 14 heavy (non-hydrogen) atoms. The summed E-state index contributed by atoms with van der Waals surface area (Å²) in [7, 11) is 0. The number of benzene rings is 1. The van der Waals surface area contributed by atoms with Crippen LogP contribution in [0.5, 0.6) is 5.75 Å². The van der Waals surface area contributed by atoms with Gasteiger partial charge in [-0.2, -0.15) is 0 Å². The predicted molar refractivity (Wildman–Crippen MR) is 58.3 cm³/mol. The van der Waals surface area contributed by atoms with Gasteiger partial charge in [0, 0.05) is 4.47 Å². The maximum Gasteiger partial charge on any atom is 0.255 e. The number of primary amides is 1. The Morgan fingerprint density at radius 1 is 1.43 bits per heavy atom. The van der Waals surface area contributed by atoms with Gasteiger partial charge >= 0.3 is 0 Å². The Morgan fingerprint density at radius 2 is 2.07 bits per heavy atom.